The van der Waals surface area contributed by atoms with Gasteiger partial charge in [0.25, 0.3) is 12.9 Å². The van der Waals surface area contributed by atoms with E-state index in [1.54, 1.807) is 0 Å². The van der Waals surface area contributed by atoms with E-state index in [9.17, 15) is 19.2 Å². The summed E-state index contributed by atoms with van der Waals surface area (Å²) in [4.78, 5) is 39.3. The summed E-state index contributed by atoms with van der Waals surface area (Å²) >= 11 is 0. The maximum atomic E-state index is 9.93. The van der Waals surface area contributed by atoms with Crippen LogP contribution >= 0.6 is 0 Å². The van der Waals surface area contributed by atoms with E-state index < -0.39 is 0 Å². The number of unbranched alkanes of at least 4 members (excludes halogenated alkanes) is 2. The molecule has 0 saturated heterocycles. The Morgan fingerprint density at radius 2 is 0.750 bits per heavy atom. The summed E-state index contributed by atoms with van der Waals surface area (Å²) in [5, 5.41) is 0. The van der Waals surface area contributed by atoms with E-state index >= 15 is 0 Å². The highest BCUT2D eigenvalue weighted by atomic mass is 16.6. The second-order valence-electron chi connectivity index (χ2n) is 5.00. The predicted molar refractivity (Wildman–Crippen MR) is 97.9 cm³/mol. The van der Waals surface area contributed by atoms with Crippen LogP contribution in [0.3, 0.4) is 0 Å². The van der Waals surface area contributed by atoms with Gasteiger partial charge in [0.15, 0.2) is 0 Å². The molecule has 0 saturated carbocycles. The Labute approximate surface area is 165 Å². The average Bonchev–Trinajstić information content (AvgIpc) is 2.71. The molecule has 0 aromatic carbocycles. The van der Waals surface area contributed by atoms with Gasteiger partial charge in [-0.15, -0.1) is 0 Å². The first-order valence-corrected chi connectivity index (χ1v) is 9.12. The zero-order valence-corrected chi connectivity index (χ0v) is 16.3. The molecule has 0 amide bonds. The van der Waals surface area contributed by atoms with Gasteiger partial charge >= 0.3 is 0 Å². The Kier molecular flexibility index (Phi) is 30.2. The Morgan fingerprint density at radius 3 is 1.07 bits per heavy atom. The molecule has 0 N–H and O–H groups in total. The Hall–Kier alpha value is -1.88. The van der Waals surface area contributed by atoms with E-state index in [-0.39, 0.29) is 13.2 Å². The summed E-state index contributed by atoms with van der Waals surface area (Å²) < 4.78 is 29.2. The molecule has 0 aliphatic heterocycles. The minimum atomic E-state index is 0.248. The normalized spacial score (nSPS) is 9.71. The van der Waals surface area contributed by atoms with Crippen LogP contribution < -0.4 is 0 Å². The zero-order chi connectivity index (χ0) is 21.0. The zero-order valence-electron chi connectivity index (χ0n) is 16.3. The van der Waals surface area contributed by atoms with Gasteiger partial charge in [-0.05, 0) is 12.8 Å². The fraction of sp³-hybridized carbons (Fsp3) is 0.778. The van der Waals surface area contributed by atoms with E-state index in [0.29, 0.717) is 78.6 Å². The third kappa shape index (κ3) is 31.8. The smallest absolute Gasteiger partial charge is 0.293 e. The maximum Gasteiger partial charge on any atom is 0.293 e. The molecule has 0 aromatic heterocycles. The molecule has 164 valence electrons. The van der Waals surface area contributed by atoms with Gasteiger partial charge in [-0.1, -0.05) is 0 Å². The molecule has 0 bridgehead atoms. The van der Waals surface area contributed by atoms with Gasteiger partial charge in [-0.3, -0.25) is 9.59 Å². The topological polar surface area (TPSA) is 124 Å². The minimum absolute atomic E-state index is 0.248. The maximum absolute atomic E-state index is 9.93. The SMILES string of the molecule is O=CCCCOCCOCCCC=O.O=COCCOCCOCCOC=O. The van der Waals surface area contributed by atoms with Crippen molar-refractivity contribution in [2.75, 3.05) is 66.1 Å². The fourth-order valence-corrected chi connectivity index (χ4v) is 1.49. The average molecular weight is 408 g/mol. The lowest BCUT2D eigenvalue weighted by atomic mass is 10.3. The number of rotatable bonds is 22. The van der Waals surface area contributed by atoms with Crippen molar-refractivity contribution in [3.63, 3.8) is 0 Å². The second-order valence-corrected chi connectivity index (χ2v) is 5.00. The van der Waals surface area contributed by atoms with E-state index in [0.717, 1.165) is 25.4 Å². The molecule has 10 nitrogen and oxygen atoms in total. The summed E-state index contributed by atoms with van der Waals surface area (Å²) in [6.07, 6.45) is 4.43. The van der Waals surface area contributed by atoms with Crippen LogP contribution in [0.15, 0.2) is 0 Å². The highest BCUT2D eigenvalue weighted by molar-refractivity contribution is 5.49. The van der Waals surface area contributed by atoms with Crippen molar-refractivity contribution in [1.29, 1.82) is 0 Å². The van der Waals surface area contributed by atoms with Gasteiger partial charge in [-0.25, -0.2) is 0 Å². The summed E-state index contributed by atoms with van der Waals surface area (Å²) in [6.45, 7) is 5.11. The molecule has 0 atom stereocenters. The van der Waals surface area contributed by atoms with E-state index in [2.05, 4.69) is 9.47 Å². The lowest BCUT2D eigenvalue weighted by Crippen LogP contribution is -2.11. The molecule has 0 heterocycles. The van der Waals surface area contributed by atoms with Crippen LogP contribution in [0, 0.1) is 0 Å². The van der Waals surface area contributed by atoms with Gasteiger partial charge in [0.1, 0.15) is 25.8 Å². The van der Waals surface area contributed by atoms with Crippen molar-refractivity contribution >= 4 is 25.5 Å². The van der Waals surface area contributed by atoms with Crippen molar-refractivity contribution in [2.24, 2.45) is 0 Å². The molecule has 0 aromatic rings. The summed E-state index contributed by atoms with van der Waals surface area (Å²) in [5.41, 5.74) is 0. The lowest BCUT2D eigenvalue weighted by Gasteiger charge is -2.04. The van der Waals surface area contributed by atoms with Crippen molar-refractivity contribution in [1.82, 2.24) is 0 Å². The first-order chi connectivity index (χ1) is 13.8. The molecule has 0 spiro atoms. The minimum Gasteiger partial charge on any atom is -0.465 e. The number of carbonyl (C=O) groups is 4. The molecule has 0 aliphatic carbocycles. The van der Waals surface area contributed by atoms with Crippen LogP contribution in [0.1, 0.15) is 25.7 Å². The van der Waals surface area contributed by atoms with Gasteiger partial charge in [0.2, 0.25) is 0 Å². The van der Waals surface area contributed by atoms with Gasteiger partial charge < -0.3 is 38.0 Å². The van der Waals surface area contributed by atoms with Crippen molar-refractivity contribution in [2.45, 2.75) is 25.7 Å². The third-order valence-electron chi connectivity index (χ3n) is 2.79. The van der Waals surface area contributed by atoms with E-state index in [1.807, 2.05) is 0 Å². The molecular weight excluding hydrogens is 376 g/mol. The van der Waals surface area contributed by atoms with Crippen LogP contribution in [0.5, 0.6) is 0 Å². The first-order valence-electron chi connectivity index (χ1n) is 9.12. The fourth-order valence-electron chi connectivity index (χ4n) is 1.49. The molecule has 0 fully saturated rings. The largest absolute Gasteiger partial charge is 0.465 e. The molecule has 0 rings (SSSR count). The Balaban J connectivity index is 0. The molecule has 0 aliphatic rings. The lowest BCUT2D eigenvalue weighted by molar-refractivity contribution is -0.131. The summed E-state index contributed by atoms with van der Waals surface area (Å²) in [6, 6.07) is 0. The number of hydrogen-bond acceptors (Lipinski definition) is 10. The molecule has 10 heteroatoms. The number of ether oxygens (including phenoxy) is 6. The van der Waals surface area contributed by atoms with Crippen molar-refractivity contribution < 1.29 is 47.6 Å². The van der Waals surface area contributed by atoms with Crippen LogP contribution in [0.4, 0.5) is 0 Å². The molecule has 0 radical (unpaired) electrons. The van der Waals surface area contributed by atoms with Crippen LogP contribution in [0.25, 0.3) is 0 Å². The quantitative estimate of drug-likeness (QED) is 0.183. The molecule has 0 unspecified atom stereocenters. The Bertz CT molecular complexity index is 274. The summed E-state index contributed by atoms with van der Waals surface area (Å²) in [5.74, 6) is 0. The summed E-state index contributed by atoms with van der Waals surface area (Å²) in [7, 11) is 0. The standard InChI is InChI=1S/C10H18O4.C8H14O6/c11-5-1-3-7-13-9-10-14-8-4-2-6-12;9-7-13-5-3-11-1-2-12-4-6-14-8-10/h5-6H,1-4,7-10H2;7-8H,1-6H2. The highest BCUT2D eigenvalue weighted by Gasteiger charge is 1.91. The number of carbonyl (C=O) groups excluding carboxylic acids is 4. The van der Waals surface area contributed by atoms with Crippen molar-refractivity contribution in [3.05, 3.63) is 0 Å². The van der Waals surface area contributed by atoms with Gasteiger partial charge in [0.05, 0.1) is 39.6 Å². The second kappa shape index (κ2) is 29.9. The monoisotopic (exact) mass is 408 g/mol. The predicted octanol–water partition coefficient (Wildman–Crippen LogP) is 0.343. The highest BCUT2D eigenvalue weighted by Crippen LogP contribution is 1.89. The van der Waals surface area contributed by atoms with Crippen LogP contribution in [-0.2, 0) is 47.6 Å². The van der Waals surface area contributed by atoms with Crippen LogP contribution in [0.2, 0.25) is 0 Å². The first kappa shape index (κ1) is 28.3. The van der Waals surface area contributed by atoms with Crippen LogP contribution in [-0.4, -0.2) is 91.6 Å². The molecular formula is C18H32O10. The Morgan fingerprint density at radius 1 is 0.429 bits per heavy atom. The van der Waals surface area contributed by atoms with Crippen molar-refractivity contribution in [3.8, 4) is 0 Å². The molecule has 28 heavy (non-hydrogen) atoms. The number of hydrogen-bond donors (Lipinski definition) is 0. The third-order valence-corrected chi connectivity index (χ3v) is 2.79. The van der Waals surface area contributed by atoms with E-state index in [1.165, 1.54) is 0 Å². The number of aldehydes is 2. The van der Waals surface area contributed by atoms with Gasteiger partial charge in [0, 0.05) is 26.1 Å². The van der Waals surface area contributed by atoms with E-state index in [4.69, 9.17) is 18.9 Å². The van der Waals surface area contributed by atoms with Gasteiger partial charge in [-0.2, -0.15) is 0 Å².